The monoisotopic (exact) mass is 478 g/mol. The summed E-state index contributed by atoms with van der Waals surface area (Å²) in [6, 6.07) is 17.5. The molecule has 0 saturated carbocycles. The van der Waals surface area contributed by atoms with Crippen LogP contribution in [0, 0.1) is 11.3 Å². The molecule has 3 aromatic rings. The summed E-state index contributed by atoms with van der Waals surface area (Å²) in [4.78, 5) is 12.7. The first-order valence-electron chi connectivity index (χ1n) is 11.1. The first-order valence-corrected chi connectivity index (χ1v) is 12.6. The number of sulfonamides is 1. The van der Waals surface area contributed by atoms with E-state index in [1.54, 1.807) is 16.8 Å². The minimum Gasteiger partial charge on any atom is -0.382 e. The quantitative estimate of drug-likeness (QED) is 0.478. The number of anilines is 1. The number of aryl methyl sites for hydroxylation is 1. The summed E-state index contributed by atoms with van der Waals surface area (Å²) in [7, 11) is -3.59. The summed E-state index contributed by atoms with van der Waals surface area (Å²) in [6.45, 7) is 1.35. The number of nitrogens with two attached hydrogens (primary N) is 1. The van der Waals surface area contributed by atoms with Gasteiger partial charge in [0.2, 0.25) is 10.0 Å². The van der Waals surface area contributed by atoms with Crippen LogP contribution >= 0.6 is 0 Å². The van der Waals surface area contributed by atoms with Gasteiger partial charge in [-0.05, 0) is 56.0 Å². The number of nitrogens with one attached hydrogen (secondary N) is 1. The van der Waals surface area contributed by atoms with Gasteiger partial charge in [-0.25, -0.2) is 13.1 Å². The van der Waals surface area contributed by atoms with E-state index >= 15 is 0 Å². The van der Waals surface area contributed by atoms with Crippen molar-refractivity contribution in [3.63, 3.8) is 0 Å². The zero-order valence-electron chi connectivity index (χ0n) is 18.6. The van der Waals surface area contributed by atoms with Crippen LogP contribution in [0.15, 0.2) is 59.5 Å². The SMILES string of the molecule is N#Cc1c(CCCNC(=O)c2cccc(S(=O)(=O)N3CCCC3)c2)nn(-c2ccccc2)c1N. The molecule has 0 atom stereocenters. The van der Waals surface area contributed by atoms with E-state index in [1.165, 1.54) is 16.4 Å². The van der Waals surface area contributed by atoms with E-state index in [0.717, 1.165) is 18.5 Å². The molecule has 1 saturated heterocycles. The lowest BCUT2D eigenvalue weighted by Crippen LogP contribution is -2.29. The van der Waals surface area contributed by atoms with Gasteiger partial charge in [-0.3, -0.25) is 4.79 Å². The third kappa shape index (κ3) is 4.81. The van der Waals surface area contributed by atoms with Crippen LogP contribution in [0.1, 0.15) is 40.9 Å². The zero-order chi connectivity index (χ0) is 24.1. The van der Waals surface area contributed by atoms with Gasteiger partial charge in [-0.1, -0.05) is 24.3 Å². The number of hydrogen-bond acceptors (Lipinski definition) is 6. The molecule has 0 radical (unpaired) electrons. The third-order valence-corrected chi connectivity index (χ3v) is 7.68. The smallest absolute Gasteiger partial charge is 0.251 e. The van der Waals surface area contributed by atoms with Crippen LogP contribution in [0.25, 0.3) is 5.69 Å². The van der Waals surface area contributed by atoms with E-state index in [4.69, 9.17) is 5.73 Å². The van der Waals surface area contributed by atoms with Crippen LogP contribution in [-0.2, 0) is 16.4 Å². The summed E-state index contributed by atoms with van der Waals surface area (Å²) in [5.41, 5.74) is 8.07. The Bertz CT molecular complexity index is 1320. The molecule has 34 heavy (non-hydrogen) atoms. The molecule has 2 heterocycles. The average Bonchev–Trinajstić information content (AvgIpc) is 3.51. The number of nitriles is 1. The largest absolute Gasteiger partial charge is 0.382 e. The lowest BCUT2D eigenvalue weighted by atomic mass is 10.1. The van der Waals surface area contributed by atoms with E-state index in [2.05, 4.69) is 16.5 Å². The molecule has 3 N–H and O–H groups in total. The molecular formula is C24H26N6O3S. The van der Waals surface area contributed by atoms with Gasteiger partial charge in [-0.2, -0.15) is 14.7 Å². The molecule has 4 rings (SSSR count). The Morgan fingerprint density at radius 3 is 2.56 bits per heavy atom. The number of hydrogen-bond donors (Lipinski definition) is 2. The molecule has 0 aliphatic carbocycles. The number of carbonyl (C=O) groups is 1. The maximum Gasteiger partial charge on any atom is 0.251 e. The fourth-order valence-electron chi connectivity index (χ4n) is 3.98. The van der Waals surface area contributed by atoms with Gasteiger partial charge >= 0.3 is 0 Å². The van der Waals surface area contributed by atoms with Crippen molar-refractivity contribution in [3.05, 3.63) is 71.4 Å². The average molecular weight is 479 g/mol. The highest BCUT2D eigenvalue weighted by atomic mass is 32.2. The second-order valence-corrected chi connectivity index (χ2v) is 10.0. The minimum absolute atomic E-state index is 0.127. The predicted octanol–water partition coefficient (Wildman–Crippen LogP) is 2.47. The molecule has 0 spiro atoms. The van der Waals surface area contributed by atoms with Gasteiger partial charge < -0.3 is 11.1 Å². The molecular weight excluding hydrogens is 452 g/mol. The number of benzene rings is 2. The lowest BCUT2D eigenvalue weighted by Gasteiger charge is -2.16. The van der Waals surface area contributed by atoms with Crippen LogP contribution in [0.3, 0.4) is 0 Å². The van der Waals surface area contributed by atoms with Gasteiger partial charge in [0.25, 0.3) is 5.91 Å². The summed E-state index contributed by atoms with van der Waals surface area (Å²) in [6.07, 6.45) is 2.69. The van der Waals surface area contributed by atoms with Crippen LogP contribution < -0.4 is 11.1 Å². The molecule has 1 aliphatic rings. The highest BCUT2D eigenvalue weighted by Gasteiger charge is 2.27. The molecule has 1 fully saturated rings. The number of amides is 1. The Hall–Kier alpha value is -3.68. The van der Waals surface area contributed by atoms with Crippen molar-refractivity contribution in [1.29, 1.82) is 5.26 Å². The molecule has 10 heteroatoms. The number of nitrogen functional groups attached to an aromatic ring is 1. The van der Waals surface area contributed by atoms with Gasteiger partial charge in [0.05, 0.1) is 16.3 Å². The summed E-state index contributed by atoms with van der Waals surface area (Å²) >= 11 is 0. The summed E-state index contributed by atoms with van der Waals surface area (Å²) in [5.74, 6) is -0.0722. The Balaban J connectivity index is 1.38. The van der Waals surface area contributed by atoms with E-state index < -0.39 is 10.0 Å². The lowest BCUT2D eigenvalue weighted by molar-refractivity contribution is 0.0953. The number of carbonyl (C=O) groups excluding carboxylic acids is 1. The molecule has 0 bridgehead atoms. The maximum absolute atomic E-state index is 12.8. The Labute approximate surface area is 198 Å². The van der Waals surface area contributed by atoms with Gasteiger partial charge in [0.15, 0.2) is 0 Å². The van der Waals surface area contributed by atoms with Crippen molar-refractivity contribution in [1.82, 2.24) is 19.4 Å². The van der Waals surface area contributed by atoms with E-state index in [1.807, 2.05) is 30.3 Å². The van der Waals surface area contributed by atoms with Gasteiger partial charge in [-0.15, -0.1) is 0 Å². The molecule has 176 valence electrons. The number of rotatable bonds is 8. The number of para-hydroxylation sites is 1. The zero-order valence-corrected chi connectivity index (χ0v) is 19.5. The van der Waals surface area contributed by atoms with Crippen molar-refractivity contribution in [2.24, 2.45) is 0 Å². The van der Waals surface area contributed by atoms with E-state index in [9.17, 15) is 18.5 Å². The van der Waals surface area contributed by atoms with Crippen molar-refractivity contribution in [3.8, 4) is 11.8 Å². The number of nitrogens with zero attached hydrogens (tertiary/aromatic N) is 4. The van der Waals surface area contributed by atoms with Crippen LogP contribution in [0.5, 0.6) is 0 Å². The molecule has 1 aliphatic heterocycles. The fourth-order valence-corrected chi connectivity index (χ4v) is 5.54. The molecule has 2 aromatic carbocycles. The molecule has 0 unspecified atom stereocenters. The van der Waals surface area contributed by atoms with Gasteiger partial charge in [0, 0.05) is 25.2 Å². The standard InChI is InChI=1S/C24H26N6O3S/c25-17-21-22(28-30(23(21)26)19-9-2-1-3-10-19)12-7-13-27-24(31)18-8-6-11-20(16-18)34(32,33)29-14-4-5-15-29/h1-3,6,8-11,16H,4-5,7,12-15,26H2,(H,27,31). The van der Waals surface area contributed by atoms with Gasteiger partial charge in [0.1, 0.15) is 17.5 Å². The maximum atomic E-state index is 12.8. The predicted molar refractivity (Wildman–Crippen MR) is 128 cm³/mol. The summed E-state index contributed by atoms with van der Waals surface area (Å²) < 4.78 is 28.5. The Morgan fingerprint density at radius 2 is 1.85 bits per heavy atom. The first-order chi connectivity index (χ1) is 16.4. The molecule has 9 nitrogen and oxygen atoms in total. The second-order valence-electron chi connectivity index (χ2n) is 8.06. The van der Waals surface area contributed by atoms with Crippen LogP contribution in [0.4, 0.5) is 5.82 Å². The summed E-state index contributed by atoms with van der Waals surface area (Å²) in [5, 5.41) is 16.8. The van der Waals surface area contributed by atoms with Crippen molar-refractivity contribution >= 4 is 21.7 Å². The Kier molecular flexibility index (Phi) is 6.95. The van der Waals surface area contributed by atoms with E-state index in [-0.39, 0.29) is 22.2 Å². The highest BCUT2D eigenvalue weighted by Crippen LogP contribution is 2.22. The normalized spacial score (nSPS) is 14.1. The third-order valence-electron chi connectivity index (χ3n) is 5.78. The van der Waals surface area contributed by atoms with Crippen LogP contribution in [-0.4, -0.2) is 48.0 Å². The van der Waals surface area contributed by atoms with Crippen LogP contribution in [0.2, 0.25) is 0 Å². The molecule has 1 aromatic heterocycles. The van der Waals surface area contributed by atoms with Crippen molar-refractivity contribution in [2.45, 2.75) is 30.6 Å². The Morgan fingerprint density at radius 1 is 1.12 bits per heavy atom. The van der Waals surface area contributed by atoms with Crippen molar-refractivity contribution in [2.75, 3.05) is 25.4 Å². The highest BCUT2D eigenvalue weighted by molar-refractivity contribution is 7.89. The van der Waals surface area contributed by atoms with Crippen molar-refractivity contribution < 1.29 is 13.2 Å². The van der Waals surface area contributed by atoms with E-state index in [0.29, 0.717) is 43.7 Å². The second kappa shape index (κ2) is 10.1. The topological polar surface area (TPSA) is 134 Å². The number of aromatic nitrogens is 2. The fraction of sp³-hybridized carbons (Fsp3) is 0.292. The first kappa shape index (κ1) is 23.5. The molecule has 1 amide bonds. The minimum atomic E-state index is -3.59.